The normalized spacial score (nSPS) is 10.4. The zero-order chi connectivity index (χ0) is 15.5. The van der Waals surface area contributed by atoms with E-state index < -0.39 is 0 Å². The van der Waals surface area contributed by atoms with Gasteiger partial charge in [-0.2, -0.15) is 15.0 Å². The van der Waals surface area contributed by atoms with Crippen LogP contribution in [0.5, 0.6) is 0 Å². The molecule has 0 unspecified atom stereocenters. The Hall–Kier alpha value is -3.20. The molecule has 0 saturated heterocycles. The molecule has 0 aliphatic rings. The molecule has 0 saturated carbocycles. The van der Waals surface area contributed by atoms with Gasteiger partial charge >= 0.3 is 0 Å². The van der Waals surface area contributed by atoms with E-state index in [-0.39, 0.29) is 5.91 Å². The number of aromatic nitrogens is 3. The SMILES string of the molecule is CCC(=O)Nc1c(C#N)cnn1-c1ccc2ccccc2n1. The highest BCUT2D eigenvalue weighted by atomic mass is 16.1. The van der Waals surface area contributed by atoms with Crippen LogP contribution in [0.25, 0.3) is 16.7 Å². The molecule has 1 aromatic carbocycles. The summed E-state index contributed by atoms with van der Waals surface area (Å²) in [6.07, 6.45) is 1.74. The van der Waals surface area contributed by atoms with E-state index >= 15 is 0 Å². The highest BCUT2D eigenvalue weighted by molar-refractivity contribution is 5.91. The Labute approximate surface area is 127 Å². The number of carbonyl (C=O) groups excluding carboxylic acids is 1. The van der Waals surface area contributed by atoms with Crippen LogP contribution in [0.2, 0.25) is 0 Å². The number of carbonyl (C=O) groups is 1. The van der Waals surface area contributed by atoms with Crippen LogP contribution in [0.15, 0.2) is 42.6 Å². The van der Waals surface area contributed by atoms with Crippen molar-refractivity contribution < 1.29 is 4.79 Å². The fourth-order valence-corrected chi connectivity index (χ4v) is 2.12. The second-order valence-corrected chi connectivity index (χ2v) is 4.69. The summed E-state index contributed by atoms with van der Waals surface area (Å²) in [6.45, 7) is 1.75. The standard InChI is InChI=1S/C16H13N5O/c1-2-15(22)20-16-12(9-17)10-18-21(16)14-8-7-11-5-3-4-6-13(11)19-14/h3-8,10H,2H2,1H3,(H,20,22). The largest absolute Gasteiger partial charge is 0.309 e. The molecule has 1 amide bonds. The molecular formula is C16H13N5O. The number of fused-ring (bicyclic) bond motifs is 1. The van der Waals surface area contributed by atoms with Crippen LogP contribution in [-0.4, -0.2) is 20.7 Å². The van der Waals surface area contributed by atoms with Crippen LogP contribution in [0.1, 0.15) is 18.9 Å². The highest BCUT2D eigenvalue weighted by Crippen LogP contribution is 2.21. The predicted molar refractivity (Wildman–Crippen MR) is 82.5 cm³/mol. The van der Waals surface area contributed by atoms with Crippen LogP contribution in [-0.2, 0) is 4.79 Å². The van der Waals surface area contributed by atoms with Gasteiger partial charge in [-0.25, -0.2) is 4.98 Å². The second-order valence-electron chi connectivity index (χ2n) is 4.69. The van der Waals surface area contributed by atoms with E-state index in [0.29, 0.717) is 23.6 Å². The lowest BCUT2D eigenvalue weighted by molar-refractivity contribution is -0.115. The number of benzene rings is 1. The molecule has 22 heavy (non-hydrogen) atoms. The molecule has 2 heterocycles. The maximum Gasteiger partial charge on any atom is 0.225 e. The van der Waals surface area contributed by atoms with Crippen LogP contribution < -0.4 is 5.32 Å². The number of nitrogens with zero attached hydrogens (tertiary/aromatic N) is 4. The molecule has 0 fully saturated rings. The molecule has 0 spiro atoms. The minimum absolute atomic E-state index is 0.181. The lowest BCUT2D eigenvalue weighted by atomic mass is 10.2. The topological polar surface area (TPSA) is 83.6 Å². The Kier molecular flexibility index (Phi) is 3.54. The smallest absolute Gasteiger partial charge is 0.225 e. The number of para-hydroxylation sites is 1. The monoisotopic (exact) mass is 291 g/mol. The molecule has 2 aromatic heterocycles. The summed E-state index contributed by atoms with van der Waals surface area (Å²) in [7, 11) is 0. The van der Waals surface area contributed by atoms with Gasteiger partial charge < -0.3 is 5.32 Å². The molecule has 6 nitrogen and oxygen atoms in total. The van der Waals surface area contributed by atoms with Crippen LogP contribution >= 0.6 is 0 Å². The lowest BCUT2D eigenvalue weighted by Gasteiger charge is -2.09. The van der Waals surface area contributed by atoms with E-state index in [1.807, 2.05) is 36.4 Å². The molecule has 0 aliphatic carbocycles. The van der Waals surface area contributed by atoms with E-state index in [4.69, 9.17) is 5.26 Å². The number of nitriles is 1. The van der Waals surface area contributed by atoms with Gasteiger partial charge in [0.05, 0.1) is 11.7 Å². The second kappa shape index (κ2) is 5.66. The lowest BCUT2D eigenvalue weighted by Crippen LogP contribution is -2.15. The first-order valence-corrected chi connectivity index (χ1v) is 6.87. The average molecular weight is 291 g/mol. The minimum Gasteiger partial charge on any atom is -0.309 e. The van der Waals surface area contributed by atoms with Crippen molar-refractivity contribution in [2.24, 2.45) is 0 Å². The van der Waals surface area contributed by atoms with Gasteiger partial charge in [0.2, 0.25) is 5.91 Å². The molecule has 1 N–H and O–H groups in total. The first-order chi connectivity index (χ1) is 10.7. The van der Waals surface area contributed by atoms with E-state index in [0.717, 1.165) is 10.9 Å². The summed E-state index contributed by atoms with van der Waals surface area (Å²) in [5.41, 5.74) is 1.12. The summed E-state index contributed by atoms with van der Waals surface area (Å²) in [4.78, 5) is 16.2. The molecule has 6 heteroatoms. The third kappa shape index (κ3) is 2.40. The molecule has 0 aliphatic heterocycles. The quantitative estimate of drug-likeness (QED) is 0.804. The van der Waals surface area contributed by atoms with Gasteiger partial charge in [0.15, 0.2) is 11.6 Å². The molecular weight excluding hydrogens is 278 g/mol. The molecule has 108 valence electrons. The Morgan fingerprint density at radius 2 is 2.14 bits per heavy atom. The van der Waals surface area contributed by atoms with E-state index in [2.05, 4.69) is 15.4 Å². The van der Waals surface area contributed by atoms with Crippen molar-refractivity contribution in [1.29, 1.82) is 5.26 Å². The maximum atomic E-state index is 11.7. The van der Waals surface area contributed by atoms with Crippen LogP contribution in [0, 0.1) is 11.3 Å². The summed E-state index contributed by atoms with van der Waals surface area (Å²) >= 11 is 0. The van der Waals surface area contributed by atoms with Crippen molar-refractivity contribution in [2.45, 2.75) is 13.3 Å². The Morgan fingerprint density at radius 1 is 1.32 bits per heavy atom. The van der Waals surface area contributed by atoms with E-state index in [1.165, 1.54) is 10.9 Å². The van der Waals surface area contributed by atoms with Gasteiger partial charge in [-0.3, -0.25) is 4.79 Å². The van der Waals surface area contributed by atoms with Gasteiger partial charge in [0.1, 0.15) is 11.6 Å². The summed E-state index contributed by atoms with van der Waals surface area (Å²) in [5, 5.41) is 17.0. The van der Waals surface area contributed by atoms with Crippen molar-refractivity contribution in [1.82, 2.24) is 14.8 Å². The Bertz CT molecular complexity index is 891. The third-order valence-electron chi connectivity index (χ3n) is 3.27. The molecule has 3 aromatic rings. The van der Waals surface area contributed by atoms with E-state index in [9.17, 15) is 4.79 Å². The fourth-order valence-electron chi connectivity index (χ4n) is 2.12. The third-order valence-corrected chi connectivity index (χ3v) is 3.27. The van der Waals surface area contributed by atoms with Crippen molar-refractivity contribution in [2.75, 3.05) is 5.32 Å². The summed E-state index contributed by atoms with van der Waals surface area (Å²) in [6, 6.07) is 13.5. The zero-order valence-electron chi connectivity index (χ0n) is 11.9. The molecule has 0 bridgehead atoms. The van der Waals surface area contributed by atoms with Crippen molar-refractivity contribution in [3.05, 3.63) is 48.2 Å². The number of rotatable bonds is 3. The van der Waals surface area contributed by atoms with Crippen LogP contribution in [0.3, 0.4) is 0 Å². The van der Waals surface area contributed by atoms with Gasteiger partial charge in [-0.15, -0.1) is 0 Å². The van der Waals surface area contributed by atoms with Crippen molar-refractivity contribution in [3.8, 4) is 11.9 Å². The van der Waals surface area contributed by atoms with Crippen molar-refractivity contribution >= 4 is 22.6 Å². The number of pyridine rings is 1. The Morgan fingerprint density at radius 3 is 2.91 bits per heavy atom. The van der Waals surface area contributed by atoms with Crippen LogP contribution in [0.4, 0.5) is 5.82 Å². The molecule has 0 atom stereocenters. The van der Waals surface area contributed by atoms with Gasteiger partial charge in [0.25, 0.3) is 0 Å². The van der Waals surface area contributed by atoms with Gasteiger partial charge in [0, 0.05) is 11.8 Å². The van der Waals surface area contributed by atoms with Gasteiger partial charge in [-0.1, -0.05) is 25.1 Å². The number of nitrogens with one attached hydrogen (secondary N) is 1. The zero-order valence-corrected chi connectivity index (χ0v) is 11.9. The molecule has 3 rings (SSSR count). The summed E-state index contributed by atoms with van der Waals surface area (Å²) in [5.74, 6) is 0.711. The van der Waals surface area contributed by atoms with E-state index in [1.54, 1.807) is 13.0 Å². The first-order valence-electron chi connectivity index (χ1n) is 6.87. The number of hydrogen-bond acceptors (Lipinski definition) is 4. The van der Waals surface area contributed by atoms with Gasteiger partial charge in [-0.05, 0) is 18.2 Å². The highest BCUT2D eigenvalue weighted by Gasteiger charge is 2.15. The number of amides is 1. The predicted octanol–water partition coefficient (Wildman–Crippen LogP) is 2.64. The van der Waals surface area contributed by atoms with Crippen molar-refractivity contribution in [3.63, 3.8) is 0 Å². The average Bonchev–Trinajstić information content (AvgIpc) is 2.96. The minimum atomic E-state index is -0.181. The first kappa shape index (κ1) is 13.8. The Balaban J connectivity index is 2.11. The number of anilines is 1. The summed E-state index contributed by atoms with van der Waals surface area (Å²) < 4.78 is 1.47. The number of hydrogen-bond donors (Lipinski definition) is 1. The molecule has 0 radical (unpaired) electrons. The fraction of sp³-hybridized carbons (Fsp3) is 0.125. The maximum absolute atomic E-state index is 11.7.